The van der Waals surface area contributed by atoms with Crippen LogP contribution >= 0.6 is 0 Å². The molecule has 0 saturated heterocycles. The fourth-order valence-electron chi connectivity index (χ4n) is 2.04. The Morgan fingerprint density at radius 2 is 1.55 bits per heavy atom. The van der Waals surface area contributed by atoms with E-state index in [2.05, 4.69) is 10.2 Å². The van der Waals surface area contributed by atoms with Crippen molar-refractivity contribution in [3.63, 3.8) is 0 Å². The van der Waals surface area contributed by atoms with E-state index in [0.717, 1.165) is 23.7 Å². The van der Waals surface area contributed by atoms with E-state index in [4.69, 9.17) is 9.16 Å². The summed E-state index contributed by atoms with van der Waals surface area (Å²) in [7, 11) is -2.09. The molecule has 7 heteroatoms. The number of rotatable bonds is 5. The van der Waals surface area contributed by atoms with Crippen molar-refractivity contribution in [3.8, 4) is 5.75 Å². The number of azo groups is 1. The normalized spacial score (nSPS) is 11.5. The van der Waals surface area contributed by atoms with Crippen molar-refractivity contribution in [1.82, 2.24) is 0 Å². The Kier molecular flexibility index (Phi) is 6.91. The standard InChI is InChI=1S/C15H22N2O4Si/c1-5-22(6-2,7-3)21-15(19)17-16-14(18)20-13-11-9-8-10-12(13)4/h8-11H,5-7H2,1-4H3. The average molecular weight is 322 g/mol. The largest absolute Gasteiger partial charge is 0.501 e. The Bertz CT molecular complexity index is 548. The maximum absolute atomic E-state index is 11.7. The van der Waals surface area contributed by atoms with E-state index in [1.807, 2.05) is 26.8 Å². The van der Waals surface area contributed by atoms with Crippen LogP contribution in [0.25, 0.3) is 0 Å². The van der Waals surface area contributed by atoms with Gasteiger partial charge in [-0.05, 0) is 36.7 Å². The van der Waals surface area contributed by atoms with Crippen LogP contribution in [-0.4, -0.2) is 20.5 Å². The highest BCUT2D eigenvalue weighted by Gasteiger charge is 2.33. The molecule has 22 heavy (non-hydrogen) atoms. The van der Waals surface area contributed by atoms with Gasteiger partial charge in [-0.25, -0.2) is 9.59 Å². The molecule has 0 N–H and O–H groups in total. The number of carbonyl (C=O) groups excluding carboxylic acids is 2. The third-order valence-corrected chi connectivity index (χ3v) is 8.21. The maximum Gasteiger partial charge on any atom is 0.458 e. The molecule has 2 amide bonds. The van der Waals surface area contributed by atoms with Gasteiger partial charge in [0, 0.05) is 0 Å². The zero-order chi connectivity index (χ0) is 16.6. The van der Waals surface area contributed by atoms with Crippen LogP contribution in [0.3, 0.4) is 0 Å². The minimum absolute atomic E-state index is 0.388. The number of para-hydroxylation sites is 1. The summed E-state index contributed by atoms with van der Waals surface area (Å²) in [6, 6.07) is 9.46. The van der Waals surface area contributed by atoms with Crippen molar-refractivity contribution in [1.29, 1.82) is 0 Å². The van der Waals surface area contributed by atoms with Crippen LogP contribution in [0, 0.1) is 6.92 Å². The zero-order valence-corrected chi connectivity index (χ0v) is 14.5. The van der Waals surface area contributed by atoms with E-state index in [1.165, 1.54) is 0 Å². The molecule has 0 heterocycles. The van der Waals surface area contributed by atoms with Crippen LogP contribution in [0.15, 0.2) is 34.5 Å². The number of ether oxygens (including phenoxy) is 1. The predicted molar refractivity (Wildman–Crippen MR) is 85.7 cm³/mol. The van der Waals surface area contributed by atoms with Crippen LogP contribution in [-0.2, 0) is 4.43 Å². The van der Waals surface area contributed by atoms with Crippen molar-refractivity contribution in [3.05, 3.63) is 29.8 Å². The molecular formula is C15H22N2O4Si. The highest BCUT2D eigenvalue weighted by atomic mass is 28.4. The molecule has 0 aliphatic carbocycles. The van der Waals surface area contributed by atoms with Gasteiger partial charge in [-0.15, -0.1) is 0 Å². The van der Waals surface area contributed by atoms with Crippen molar-refractivity contribution in [2.24, 2.45) is 10.2 Å². The van der Waals surface area contributed by atoms with E-state index < -0.39 is 20.5 Å². The number of nitrogens with zero attached hydrogens (tertiary/aromatic N) is 2. The van der Waals surface area contributed by atoms with Gasteiger partial charge in [0.2, 0.25) is 0 Å². The Morgan fingerprint density at radius 1 is 1.00 bits per heavy atom. The molecule has 0 unspecified atom stereocenters. The van der Waals surface area contributed by atoms with Gasteiger partial charge in [0.1, 0.15) is 5.75 Å². The summed E-state index contributed by atoms with van der Waals surface area (Å²) in [5.74, 6) is 0.388. The molecule has 0 fully saturated rings. The second-order valence-corrected chi connectivity index (χ2v) is 9.64. The van der Waals surface area contributed by atoms with Crippen molar-refractivity contribution >= 4 is 20.5 Å². The molecule has 0 aliphatic rings. The smallest absolute Gasteiger partial charge is 0.458 e. The summed E-state index contributed by atoms with van der Waals surface area (Å²) < 4.78 is 10.5. The van der Waals surface area contributed by atoms with Gasteiger partial charge in [-0.3, -0.25) is 0 Å². The first-order chi connectivity index (χ1) is 10.5. The third-order valence-electron chi connectivity index (χ3n) is 3.74. The van der Waals surface area contributed by atoms with Gasteiger partial charge < -0.3 is 9.16 Å². The fourth-order valence-corrected chi connectivity index (χ4v) is 4.38. The molecule has 1 aromatic rings. The van der Waals surface area contributed by atoms with Crippen LogP contribution in [0.4, 0.5) is 9.59 Å². The van der Waals surface area contributed by atoms with Gasteiger partial charge in [-0.1, -0.05) is 49.2 Å². The lowest BCUT2D eigenvalue weighted by Crippen LogP contribution is -2.37. The van der Waals surface area contributed by atoms with E-state index in [0.29, 0.717) is 5.75 Å². The topological polar surface area (TPSA) is 77.3 Å². The number of benzene rings is 1. The maximum atomic E-state index is 11.7. The van der Waals surface area contributed by atoms with Crippen molar-refractivity contribution in [2.45, 2.75) is 45.8 Å². The zero-order valence-electron chi connectivity index (χ0n) is 13.5. The molecular weight excluding hydrogens is 300 g/mol. The molecule has 0 atom stereocenters. The second kappa shape index (κ2) is 8.43. The molecule has 120 valence electrons. The number of hydrogen-bond acceptors (Lipinski definition) is 4. The quantitative estimate of drug-likeness (QED) is 0.559. The van der Waals surface area contributed by atoms with Gasteiger partial charge in [0.15, 0.2) is 0 Å². The highest BCUT2D eigenvalue weighted by Crippen LogP contribution is 2.22. The lowest BCUT2D eigenvalue weighted by Gasteiger charge is -2.25. The summed E-state index contributed by atoms with van der Waals surface area (Å²) >= 11 is 0. The van der Waals surface area contributed by atoms with E-state index in [9.17, 15) is 9.59 Å². The first kappa shape index (κ1) is 18.0. The summed E-state index contributed by atoms with van der Waals surface area (Å²) in [6.07, 6.45) is -1.76. The van der Waals surface area contributed by atoms with E-state index >= 15 is 0 Å². The molecule has 6 nitrogen and oxygen atoms in total. The van der Waals surface area contributed by atoms with E-state index in [1.54, 1.807) is 25.1 Å². The summed E-state index contributed by atoms with van der Waals surface area (Å²) in [6.45, 7) is 7.79. The fraction of sp³-hybridized carbons (Fsp3) is 0.467. The van der Waals surface area contributed by atoms with Crippen LogP contribution < -0.4 is 4.74 Å². The number of hydrogen-bond donors (Lipinski definition) is 0. The number of aryl methyl sites for hydroxylation is 1. The van der Waals surface area contributed by atoms with Gasteiger partial charge in [0.05, 0.1) is 0 Å². The molecule has 0 aliphatic heterocycles. The number of amides is 2. The molecule has 0 spiro atoms. The molecule has 0 saturated carbocycles. The number of carbonyl (C=O) groups is 2. The van der Waals surface area contributed by atoms with Gasteiger partial charge in [-0.2, -0.15) is 0 Å². The molecule has 1 rings (SSSR count). The van der Waals surface area contributed by atoms with E-state index in [-0.39, 0.29) is 0 Å². The molecule has 1 aromatic carbocycles. The Morgan fingerprint density at radius 3 is 2.09 bits per heavy atom. The second-order valence-electron chi connectivity index (χ2n) is 4.95. The summed E-state index contributed by atoms with van der Waals surface area (Å²) in [4.78, 5) is 23.3. The molecule has 0 bridgehead atoms. The predicted octanol–water partition coefficient (Wildman–Crippen LogP) is 5.09. The van der Waals surface area contributed by atoms with Crippen molar-refractivity contribution < 1.29 is 18.8 Å². The first-order valence-electron chi connectivity index (χ1n) is 7.38. The lowest BCUT2D eigenvalue weighted by atomic mass is 10.2. The highest BCUT2D eigenvalue weighted by molar-refractivity contribution is 6.74. The SMILES string of the molecule is CC[Si](CC)(CC)OC(=O)N=NC(=O)Oc1ccccc1C. The average Bonchev–Trinajstić information content (AvgIpc) is 2.53. The first-order valence-corrected chi connectivity index (χ1v) is 9.91. The third kappa shape index (κ3) is 5.07. The molecule has 0 radical (unpaired) electrons. The van der Waals surface area contributed by atoms with Crippen LogP contribution in [0.5, 0.6) is 5.75 Å². The van der Waals surface area contributed by atoms with Crippen LogP contribution in [0.2, 0.25) is 18.1 Å². The van der Waals surface area contributed by atoms with Crippen LogP contribution in [0.1, 0.15) is 26.3 Å². The summed E-state index contributed by atoms with van der Waals surface area (Å²) in [5, 5.41) is 6.56. The lowest BCUT2D eigenvalue weighted by molar-refractivity contribution is 0.198. The minimum Gasteiger partial charge on any atom is -0.501 e. The van der Waals surface area contributed by atoms with Gasteiger partial charge in [0.25, 0.3) is 8.32 Å². The Hall–Kier alpha value is -2.02. The van der Waals surface area contributed by atoms with Crippen molar-refractivity contribution in [2.75, 3.05) is 0 Å². The minimum atomic E-state index is -2.09. The van der Waals surface area contributed by atoms with Gasteiger partial charge >= 0.3 is 12.2 Å². The summed E-state index contributed by atoms with van der Waals surface area (Å²) in [5.41, 5.74) is 0.794. The Balaban J connectivity index is 2.62. The Labute approximate surface area is 131 Å². The monoisotopic (exact) mass is 322 g/mol. The molecule has 0 aromatic heterocycles.